The molecule has 1 aliphatic rings. The molecule has 0 aromatic heterocycles. The number of nitrogens with zero attached hydrogens (tertiary/aromatic N) is 1. The minimum absolute atomic E-state index is 0.0435. The molecule has 1 N–H and O–H groups in total. The lowest BCUT2D eigenvalue weighted by atomic mass is 9.99. The van der Waals surface area contributed by atoms with Crippen LogP contribution >= 0.6 is 11.6 Å². The van der Waals surface area contributed by atoms with Crippen LogP contribution in [0.4, 0.5) is 0 Å². The molecule has 0 saturated carbocycles. The molecular formula is C29H32ClNO3. The lowest BCUT2D eigenvalue weighted by molar-refractivity contribution is -0.0270. The Morgan fingerprint density at radius 3 is 2.12 bits per heavy atom. The number of hydrogen-bond acceptors (Lipinski definition) is 3. The highest BCUT2D eigenvalue weighted by atomic mass is 35.5. The fraction of sp³-hybridized carbons (Fsp3) is 0.345. The van der Waals surface area contributed by atoms with E-state index in [1.165, 1.54) is 11.1 Å². The molecule has 1 heterocycles. The maximum atomic E-state index is 11.5. The summed E-state index contributed by atoms with van der Waals surface area (Å²) in [5, 5.41) is 9.95. The van der Waals surface area contributed by atoms with Crippen LogP contribution in [-0.4, -0.2) is 41.7 Å². The van der Waals surface area contributed by atoms with Crippen molar-refractivity contribution in [2.45, 2.75) is 44.3 Å². The summed E-state index contributed by atoms with van der Waals surface area (Å²) < 4.78 is 6.65. The van der Waals surface area contributed by atoms with Crippen molar-refractivity contribution in [1.29, 1.82) is 0 Å². The zero-order chi connectivity index (χ0) is 23.8. The van der Waals surface area contributed by atoms with Crippen molar-refractivity contribution >= 4 is 17.6 Å². The number of hydrogen-bond donors (Lipinski definition) is 1. The normalized spacial score (nSPS) is 15.0. The first-order chi connectivity index (χ1) is 16.6. The number of halogens is 1. The van der Waals surface area contributed by atoms with Crippen LogP contribution in [0.1, 0.15) is 58.8 Å². The van der Waals surface area contributed by atoms with E-state index in [-0.39, 0.29) is 12.2 Å². The first-order valence-corrected chi connectivity index (χ1v) is 12.5. The summed E-state index contributed by atoms with van der Waals surface area (Å²) in [5.74, 6) is -0.913. The van der Waals surface area contributed by atoms with Gasteiger partial charge in [-0.05, 0) is 67.5 Å². The molecule has 1 fully saturated rings. The number of carboxylic acid groups (broad SMARTS) is 1. The average molecular weight is 478 g/mol. The van der Waals surface area contributed by atoms with E-state index in [1.54, 1.807) is 18.2 Å². The molecule has 0 bridgehead atoms. The number of likely N-dealkylation sites (tertiary alicyclic amines) is 1. The highest BCUT2D eigenvalue weighted by Crippen LogP contribution is 2.30. The van der Waals surface area contributed by atoms with Crippen LogP contribution in [0.3, 0.4) is 0 Å². The first kappa shape index (κ1) is 24.5. The predicted molar refractivity (Wildman–Crippen MR) is 137 cm³/mol. The van der Waals surface area contributed by atoms with Gasteiger partial charge in [0, 0.05) is 18.1 Å². The van der Waals surface area contributed by atoms with Gasteiger partial charge in [-0.1, -0.05) is 78.3 Å². The van der Waals surface area contributed by atoms with Crippen LogP contribution in [0.15, 0.2) is 78.9 Å². The summed E-state index contributed by atoms with van der Waals surface area (Å²) in [5.41, 5.74) is 3.45. The Bertz CT molecular complexity index is 1010. The Balaban J connectivity index is 1.25. The zero-order valence-corrected chi connectivity index (χ0v) is 20.2. The van der Waals surface area contributed by atoms with Crippen molar-refractivity contribution in [2.24, 2.45) is 0 Å². The van der Waals surface area contributed by atoms with E-state index in [4.69, 9.17) is 16.3 Å². The van der Waals surface area contributed by atoms with Crippen LogP contribution < -0.4 is 0 Å². The second-order valence-corrected chi connectivity index (χ2v) is 9.31. The van der Waals surface area contributed by atoms with Gasteiger partial charge in [-0.2, -0.15) is 0 Å². The Labute approximate surface area is 207 Å². The van der Waals surface area contributed by atoms with Crippen LogP contribution in [0, 0.1) is 0 Å². The number of benzene rings is 3. The molecule has 0 radical (unpaired) electrons. The SMILES string of the molecule is O=C(O)c1cccc(Cl)c1CCCCN1CCC(OC(c2ccccc2)c2ccccc2)CC1. The number of piperidine rings is 1. The first-order valence-electron chi connectivity index (χ1n) is 12.1. The summed E-state index contributed by atoms with van der Waals surface area (Å²) in [6.45, 7) is 3.06. The molecule has 0 aliphatic carbocycles. The van der Waals surface area contributed by atoms with E-state index in [2.05, 4.69) is 53.4 Å². The van der Waals surface area contributed by atoms with E-state index < -0.39 is 5.97 Å². The van der Waals surface area contributed by atoms with Crippen molar-refractivity contribution < 1.29 is 14.6 Å². The second kappa shape index (κ2) is 12.2. The molecule has 178 valence electrons. The maximum absolute atomic E-state index is 11.5. The Kier molecular flexibility index (Phi) is 8.75. The average Bonchev–Trinajstić information content (AvgIpc) is 2.87. The smallest absolute Gasteiger partial charge is 0.336 e. The van der Waals surface area contributed by atoms with Crippen LogP contribution in [0.2, 0.25) is 5.02 Å². The maximum Gasteiger partial charge on any atom is 0.336 e. The molecule has 1 aliphatic heterocycles. The fourth-order valence-corrected chi connectivity index (χ4v) is 4.99. The van der Waals surface area contributed by atoms with Crippen molar-refractivity contribution in [1.82, 2.24) is 4.90 Å². The van der Waals surface area contributed by atoms with E-state index >= 15 is 0 Å². The monoisotopic (exact) mass is 477 g/mol. The molecule has 0 atom stereocenters. The van der Waals surface area contributed by atoms with Crippen molar-refractivity contribution in [3.05, 3.63) is 106 Å². The third-order valence-electron chi connectivity index (χ3n) is 6.57. The minimum Gasteiger partial charge on any atom is -0.478 e. The van der Waals surface area contributed by atoms with Gasteiger partial charge in [0.05, 0.1) is 11.7 Å². The summed E-state index contributed by atoms with van der Waals surface area (Å²) in [6.07, 6.45) is 4.86. The Hall–Kier alpha value is -2.66. The number of carbonyl (C=O) groups is 1. The highest BCUT2D eigenvalue weighted by Gasteiger charge is 2.24. The Morgan fingerprint density at radius 1 is 0.912 bits per heavy atom. The van der Waals surface area contributed by atoms with Crippen LogP contribution in [-0.2, 0) is 11.2 Å². The van der Waals surface area contributed by atoms with E-state index in [1.807, 2.05) is 12.1 Å². The van der Waals surface area contributed by atoms with Gasteiger partial charge in [0.25, 0.3) is 0 Å². The predicted octanol–water partition coefficient (Wildman–Crippen LogP) is 6.63. The molecule has 0 spiro atoms. The third-order valence-corrected chi connectivity index (χ3v) is 6.92. The summed E-state index contributed by atoms with van der Waals surface area (Å²) in [6, 6.07) is 26.0. The molecule has 5 heteroatoms. The van der Waals surface area contributed by atoms with Crippen molar-refractivity contribution in [3.8, 4) is 0 Å². The number of carboxylic acids is 1. The third kappa shape index (κ3) is 6.47. The summed E-state index contributed by atoms with van der Waals surface area (Å²) in [4.78, 5) is 14.0. The number of unbranched alkanes of at least 4 members (excludes halogenated alkanes) is 1. The molecular weight excluding hydrogens is 446 g/mol. The number of aromatic carboxylic acids is 1. The van der Waals surface area contributed by atoms with E-state index in [0.717, 1.165) is 50.9 Å². The molecule has 0 amide bonds. The lowest BCUT2D eigenvalue weighted by Crippen LogP contribution is -2.38. The standard InChI is InChI=1S/C29H32ClNO3/c30-27-16-9-15-26(29(32)33)25(27)14-7-8-19-31-20-17-24(18-21-31)34-28(22-10-3-1-4-11-22)23-12-5-2-6-13-23/h1-6,9-13,15-16,24,28H,7-8,14,17-21H2,(H,32,33). The van der Waals surface area contributed by atoms with Gasteiger partial charge in [-0.3, -0.25) is 0 Å². The molecule has 3 aromatic rings. The minimum atomic E-state index is -0.913. The lowest BCUT2D eigenvalue weighted by Gasteiger charge is -2.34. The molecule has 0 unspecified atom stereocenters. The fourth-order valence-electron chi connectivity index (χ4n) is 4.72. The van der Waals surface area contributed by atoms with Gasteiger partial charge in [-0.25, -0.2) is 4.79 Å². The van der Waals surface area contributed by atoms with Gasteiger partial charge in [0.1, 0.15) is 6.10 Å². The van der Waals surface area contributed by atoms with Crippen LogP contribution in [0.25, 0.3) is 0 Å². The van der Waals surface area contributed by atoms with Gasteiger partial charge < -0.3 is 14.7 Å². The second-order valence-electron chi connectivity index (χ2n) is 8.91. The van der Waals surface area contributed by atoms with Crippen molar-refractivity contribution in [2.75, 3.05) is 19.6 Å². The molecule has 34 heavy (non-hydrogen) atoms. The summed E-state index contributed by atoms with van der Waals surface area (Å²) >= 11 is 6.26. The van der Waals surface area contributed by atoms with Crippen LogP contribution in [0.5, 0.6) is 0 Å². The summed E-state index contributed by atoms with van der Waals surface area (Å²) in [7, 11) is 0. The number of rotatable bonds is 10. The van der Waals surface area contributed by atoms with Crippen molar-refractivity contribution in [3.63, 3.8) is 0 Å². The topological polar surface area (TPSA) is 49.8 Å². The zero-order valence-electron chi connectivity index (χ0n) is 19.4. The highest BCUT2D eigenvalue weighted by molar-refractivity contribution is 6.31. The molecule has 1 saturated heterocycles. The van der Waals surface area contributed by atoms with Gasteiger partial charge in [0.2, 0.25) is 0 Å². The molecule has 3 aromatic carbocycles. The van der Waals surface area contributed by atoms with Gasteiger partial charge in [-0.15, -0.1) is 0 Å². The number of ether oxygens (including phenoxy) is 1. The molecule has 4 rings (SSSR count). The Morgan fingerprint density at radius 2 is 1.53 bits per heavy atom. The van der Waals surface area contributed by atoms with E-state index in [9.17, 15) is 9.90 Å². The molecule has 4 nitrogen and oxygen atoms in total. The van der Waals surface area contributed by atoms with E-state index in [0.29, 0.717) is 17.0 Å². The quantitative estimate of drug-likeness (QED) is 0.333. The van der Waals surface area contributed by atoms with Gasteiger partial charge >= 0.3 is 5.97 Å². The largest absolute Gasteiger partial charge is 0.478 e. The van der Waals surface area contributed by atoms with Gasteiger partial charge in [0.15, 0.2) is 0 Å².